The van der Waals surface area contributed by atoms with Crippen molar-refractivity contribution in [2.75, 3.05) is 18.5 Å². The van der Waals surface area contributed by atoms with Crippen LogP contribution in [0.2, 0.25) is 0 Å². The molecule has 0 aliphatic carbocycles. The van der Waals surface area contributed by atoms with Crippen LogP contribution in [0.5, 0.6) is 11.5 Å². The zero-order chi connectivity index (χ0) is 16.7. The molecule has 0 saturated carbocycles. The van der Waals surface area contributed by atoms with Gasteiger partial charge in [0.05, 0.1) is 16.8 Å². The lowest BCUT2D eigenvalue weighted by atomic mass is 10.1. The highest BCUT2D eigenvalue weighted by molar-refractivity contribution is 14.1. The van der Waals surface area contributed by atoms with E-state index >= 15 is 0 Å². The molecule has 0 aliphatic heterocycles. The highest BCUT2D eigenvalue weighted by Crippen LogP contribution is 2.34. The molecule has 0 atom stereocenters. The van der Waals surface area contributed by atoms with E-state index in [9.17, 15) is 4.79 Å². The molecule has 0 bridgehead atoms. The van der Waals surface area contributed by atoms with Crippen molar-refractivity contribution in [3.05, 3.63) is 51.6 Å². The predicted molar refractivity (Wildman–Crippen MR) is 101 cm³/mol. The number of carbonyl (C=O) groups excluding carboxylic acids is 1. The molecule has 0 radical (unpaired) electrons. The Morgan fingerprint density at radius 3 is 2.52 bits per heavy atom. The predicted octanol–water partition coefficient (Wildman–Crippen LogP) is 4.73. The maximum absolute atomic E-state index is 12.4. The number of amides is 1. The minimum atomic E-state index is -0.169. The first-order valence-electron chi connectivity index (χ1n) is 7.61. The molecule has 0 unspecified atom stereocenters. The standard InChI is InChI=1S/C18H20INO3/c1-3-10-23-17-15(19)11-13(12-16(17)22-4-2)18(21)20-14-8-6-5-7-9-14/h5-9,11-12H,3-4,10H2,1-2H3,(H,20,21). The molecule has 1 amide bonds. The molecular formula is C18H20INO3. The summed E-state index contributed by atoms with van der Waals surface area (Å²) in [6.45, 7) is 5.09. The van der Waals surface area contributed by atoms with Crippen LogP contribution in [0.15, 0.2) is 42.5 Å². The summed E-state index contributed by atoms with van der Waals surface area (Å²) in [5.74, 6) is 1.13. The number of halogens is 1. The fourth-order valence-corrected chi connectivity index (χ4v) is 2.79. The van der Waals surface area contributed by atoms with Crippen molar-refractivity contribution in [1.82, 2.24) is 0 Å². The van der Waals surface area contributed by atoms with Crippen LogP contribution >= 0.6 is 22.6 Å². The molecule has 122 valence electrons. The Balaban J connectivity index is 2.26. The van der Waals surface area contributed by atoms with Gasteiger partial charge in [0.25, 0.3) is 5.91 Å². The van der Waals surface area contributed by atoms with Crippen molar-refractivity contribution in [2.45, 2.75) is 20.3 Å². The second-order valence-corrected chi connectivity index (χ2v) is 6.05. The first-order valence-corrected chi connectivity index (χ1v) is 8.69. The smallest absolute Gasteiger partial charge is 0.255 e. The molecule has 0 aromatic heterocycles. The summed E-state index contributed by atoms with van der Waals surface area (Å²) in [5.41, 5.74) is 1.31. The molecule has 2 aromatic carbocycles. The Morgan fingerprint density at radius 2 is 1.87 bits per heavy atom. The number of ether oxygens (including phenoxy) is 2. The zero-order valence-corrected chi connectivity index (χ0v) is 15.4. The summed E-state index contributed by atoms with van der Waals surface area (Å²) < 4.78 is 12.3. The van der Waals surface area contributed by atoms with Gasteiger partial charge in [-0.05, 0) is 60.2 Å². The van der Waals surface area contributed by atoms with Gasteiger partial charge in [0.2, 0.25) is 0 Å². The Labute approximate surface area is 150 Å². The van der Waals surface area contributed by atoms with Crippen molar-refractivity contribution in [2.24, 2.45) is 0 Å². The Bertz CT molecular complexity index is 659. The van der Waals surface area contributed by atoms with E-state index in [1.54, 1.807) is 6.07 Å². The zero-order valence-electron chi connectivity index (χ0n) is 13.3. The third-order valence-electron chi connectivity index (χ3n) is 3.05. The summed E-state index contributed by atoms with van der Waals surface area (Å²) in [4.78, 5) is 12.4. The lowest BCUT2D eigenvalue weighted by Crippen LogP contribution is -2.13. The summed E-state index contributed by atoms with van der Waals surface area (Å²) in [6.07, 6.45) is 0.915. The molecule has 0 spiro atoms. The maximum Gasteiger partial charge on any atom is 0.255 e. The van der Waals surface area contributed by atoms with Gasteiger partial charge in [-0.15, -0.1) is 0 Å². The van der Waals surface area contributed by atoms with Crippen LogP contribution in [-0.2, 0) is 0 Å². The number of hydrogen-bond acceptors (Lipinski definition) is 3. The molecule has 4 nitrogen and oxygen atoms in total. The van der Waals surface area contributed by atoms with Gasteiger partial charge in [-0.3, -0.25) is 4.79 Å². The lowest BCUT2D eigenvalue weighted by Gasteiger charge is -2.15. The van der Waals surface area contributed by atoms with Crippen molar-refractivity contribution >= 4 is 34.2 Å². The minimum absolute atomic E-state index is 0.169. The highest BCUT2D eigenvalue weighted by Gasteiger charge is 2.16. The number of hydrogen-bond donors (Lipinski definition) is 1. The van der Waals surface area contributed by atoms with E-state index in [0.29, 0.717) is 30.3 Å². The molecule has 2 aromatic rings. The van der Waals surface area contributed by atoms with E-state index in [2.05, 4.69) is 34.8 Å². The Kier molecular flexibility index (Phi) is 6.70. The molecule has 2 rings (SSSR count). The SMILES string of the molecule is CCCOc1c(I)cc(C(=O)Nc2ccccc2)cc1OCC. The Hall–Kier alpha value is -1.76. The number of rotatable bonds is 7. The largest absolute Gasteiger partial charge is 0.490 e. The monoisotopic (exact) mass is 425 g/mol. The summed E-state index contributed by atoms with van der Waals surface area (Å²) in [5, 5.41) is 2.88. The normalized spacial score (nSPS) is 10.2. The van der Waals surface area contributed by atoms with Crippen LogP contribution in [0.3, 0.4) is 0 Å². The molecule has 5 heteroatoms. The van der Waals surface area contributed by atoms with Crippen LogP contribution in [0.4, 0.5) is 5.69 Å². The van der Waals surface area contributed by atoms with Gasteiger partial charge >= 0.3 is 0 Å². The van der Waals surface area contributed by atoms with Gasteiger partial charge in [0.15, 0.2) is 11.5 Å². The van der Waals surface area contributed by atoms with Crippen LogP contribution in [0.1, 0.15) is 30.6 Å². The number of benzene rings is 2. The van der Waals surface area contributed by atoms with Gasteiger partial charge < -0.3 is 14.8 Å². The van der Waals surface area contributed by atoms with E-state index in [0.717, 1.165) is 15.7 Å². The van der Waals surface area contributed by atoms with Crippen LogP contribution in [0, 0.1) is 3.57 Å². The number of anilines is 1. The first-order chi connectivity index (χ1) is 11.2. The fourth-order valence-electron chi connectivity index (χ4n) is 2.03. The number of nitrogens with one attached hydrogen (secondary N) is 1. The van der Waals surface area contributed by atoms with Gasteiger partial charge in [-0.1, -0.05) is 25.1 Å². The number of para-hydroxylation sites is 1. The van der Waals surface area contributed by atoms with E-state index < -0.39 is 0 Å². The quantitative estimate of drug-likeness (QED) is 0.653. The van der Waals surface area contributed by atoms with Crippen molar-refractivity contribution in [1.29, 1.82) is 0 Å². The van der Waals surface area contributed by atoms with Crippen LogP contribution in [-0.4, -0.2) is 19.1 Å². The third-order valence-corrected chi connectivity index (χ3v) is 3.86. The summed E-state index contributed by atoms with van der Waals surface area (Å²) in [6, 6.07) is 12.9. The highest BCUT2D eigenvalue weighted by atomic mass is 127. The second-order valence-electron chi connectivity index (χ2n) is 4.89. The lowest BCUT2D eigenvalue weighted by molar-refractivity contribution is 0.102. The van der Waals surface area contributed by atoms with Gasteiger partial charge in [0.1, 0.15) is 0 Å². The van der Waals surface area contributed by atoms with Crippen molar-refractivity contribution in [3.63, 3.8) is 0 Å². The molecule has 0 aliphatic rings. The average molecular weight is 425 g/mol. The van der Waals surface area contributed by atoms with Gasteiger partial charge in [-0.2, -0.15) is 0 Å². The van der Waals surface area contributed by atoms with Gasteiger partial charge in [-0.25, -0.2) is 0 Å². The minimum Gasteiger partial charge on any atom is -0.490 e. The molecule has 0 heterocycles. The van der Waals surface area contributed by atoms with Crippen molar-refractivity contribution < 1.29 is 14.3 Å². The van der Waals surface area contributed by atoms with E-state index in [-0.39, 0.29) is 5.91 Å². The molecule has 0 saturated heterocycles. The fraction of sp³-hybridized carbons (Fsp3) is 0.278. The van der Waals surface area contributed by atoms with E-state index in [1.165, 1.54) is 0 Å². The van der Waals surface area contributed by atoms with Crippen LogP contribution < -0.4 is 14.8 Å². The topological polar surface area (TPSA) is 47.6 Å². The summed E-state index contributed by atoms with van der Waals surface area (Å²) in [7, 11) is 0. The van der Waals surface area contributed by atoms with E-state index in [4.69, 9.17) is 9.47 Å². The average Bonchev–Trinajstić information content (AvgIpc) is 2.55. The van der Waals surface area contributed by atoms with Crippen molar-refractivity contribution in [3.8, 4) is 11.5 Å². The molecule has 23 heavy (non-hydrogen) atoms. The van der Waals surface area contributed by atoms with Gasteiger partial charge in [0, 0.05) is 11.3 Å². The molecule has 0 fully saturated rings. The number of carbonyl (C=O) groups is 1. The molecule has 1 N–H and O–H groups in total. The maximum atomic E-state index is 12.4. The second kappa shape index (κ2) is 8.76. The first kappa shape index (κ1) is 17.6. The summed E-state index contributed by atoms with van der Waals surface area (Å²) >= 11 is 2.17. The van der Waals surface area contributed by atoms with Crippen LogP contribution in [0.25, 0.3) is 0 Å². The molecular weight excluding hydrogens is 405 g/mol. The Morgan fingerprint density at radius 1 is 1.13 bits per heavy atom. The third kappa shape index (κ3) is 4.86. The van der Waals surface area contributed by atoms with E-state index in [1.807, 2.05) is 43.3 Å².